The number of aromatic hydroxyl groups is 1. The molecule has 160 valence electrons. The van der Waals surface area contributed by atoms with Crippen molar-refractivity contribution in [1.29, 1.82) is 0 Å². The molecule has 0 aliphatic rings. The van der Waals surface area contributed by atoms with Crippen LogP contribution < -0.4 is 4.74 Å². The van der Waals surface area contributed by atoms with Gasteiger partial charge in [0.2, 0.25) is 10.0 Å². The quantitative estimate of drug-likeness (QED) is 0.554. The number of aromatic nitrogens is 2. The number of ether oxygens (including phenoxy) is 1. The van der Waals surface area contributed by atoms with Gasteiger partial charge in [-0.1, -0.05) is 35.5 Å². The first-order valence-corrected chi connectivity index (χ1v) is 11.4. The zero-order valence-electron chi connectivity index (χ0n) is 17.1. The van der Waals surface area contributed by atoms with Crippen molar-refractivity contribution in [3.63, 3.8) is 0 Å². The maximum absolute atomic E-state index is 11.9. The summed E-state index contributed by atoms with van der Waals surface area (Å²) in [5.74, 6) is 1.03. The van der Waals surface area contributed by atoms with Crippen molar-refractivity contribution in [3.05, 3.63) is 59.9 Å². The topological polar surface area (TPSA) is 106 Å². The molecule has 0 aliphatic carbocycles. The van der Waals surface area contributed by atoms with Gasteiger partial charge >= 0.3 is 0 Å². The fourth-order valence-electron chi connectivity index (χ4n) is 3.00. The molecular weight excluding hydrogens is 406 g/mol. The normalized spacial score (nSPS) is 11.9. The van der Waals surface area contributed by atoms with Crippen molar-refractivity contribution in [1.82, 2.24) is 14.4 Å². The van der Waals surface area contributed by atoms with E-state index < -0.39 is 10.0 Å². The van der Waals surface area contributed by atoms with Crippen LogP contribution >= 0.6 is 0 Å². The van der Waals surface area contributed by atoms with Crippen LogP contribution in [-0.2, 0) is 23.1 Å². The third kappa shape index (κ3) is 5.58. The molecule has 0 spiro atoms. The highest BCUT2D eigenvalue weighted by Crippen LogP contribution is 2.32. The average Bonchev–Trinajstić information content (AvgIpc) is 3.15. The van der Waals surface area contributed by atoms with Crippen molar-refractivity contribution in [2.45, 2.75) is 32.9 Å². The van der Waals surface area contributed by atoms with E-state index in [2.05, 4.69) is 10.1 Å². The molecule has 0 unspecified atom stereocenters. The van der Waals surface area contributed by atoms with E-state index in [4.69, 9.17) is 9.26 Å². The Kier molecular flexibility index (Phi) is 6.73. The molecule has 3 aromatic rings. The second-order valence-corrected chi connectivity index (χ2v) is 9.12. The van der Waals surface area contributed by atoms with Gasteiger partial charge in [0.15, 0.2) is 5.82 Å². The molecular formula is C21H25N3O5S. The first kappa shape index (κ1) is 21.8. The summed E-state index contributed by atoms with van der Waals surface area (Å²) in [5.41, 5.74) is 1.37. The molecule has 1 N–H and O–H groups in total. The van der Waals surface area contributed by atoms with E-state index in [1.54, 1.807) is 12.1 Å². The van der Waals surface area contributed by atoms with E-state index in [-0.39, 0.29) is 24.2 Å². The monoisotopic (exact) mass is 431 g/mol. The Labute approximate surface area is 176 Å². The van der Waals surface area contributed by atoms with Crippen LogP contribution in [0.25, 0.3) is 11.5 Å². The lowest BCUT2D eigenvalue weighted by Gasteiger charge is -2.23. The molecule has 8 nitrogen and oxygen atoms in total. The van der Waals surface area contributed by atoms with E-state index >= 15 is 0 Å². The summed E-state index contributed by atoms with van der Waals surface area (Å²) in [5, 5.41) is 14.1. The molecule has 0 radical (unpaired) electrons. The molecule has 30 heavy (non-hydrogen) atoms. The number of phenols is 1. The highest BCUT2D eigenvalue weighted by atomic mass is 32.2. The zero-order chi connectivity index (χ0) is 21.7. The molecule has 0 atom stereocenters. The van der Waals surface area contributed by atoms with Crippen molar-refractivity contribution < 1.29 is 22.8 Å². The fraction of sp³-hybridized carbons (Fsp3) is 0.333. The second-order valence-electron chi connectivity index (χ2n) is 7.19. The Bertz CT molecular complexity index is 1080. The summed E-state index contributed by atoms with van der Waals surface area (Å²) in [6, 6.07) is 14.4. The van der Waals surface area contributed by atoms with Crippen LogP contribution in [0.5, 0.6) is 11.5 Å². The van der Waals surface area contributed by atoms with Crippen molar-refractivity contribution in [2.24, 2.45) is 0 Å². The van der Waals surface area contributed by atoms with Crippen LogP contribution in [0.2, 0.25) is 0 Å². The van der Waals surface area contributed by atoms with Crippen LogP contribution in [0.4, 0.5) is 0 Å². The molecule has 0 bridgehead atoms. The number of hydrogen-bond donors (Lipinski definition) is 1. The third-order valence-electron chi connectivity index (χ3n) is 4.47. The van der Waals surface area contributed by atoms with Gasteiger partial charge in [0.25, 0.3) is 5.89 Å². The first-order valence-electron chi connectivity index (χ1n) is 9.53. The molecule has 0 fully saturated rings. The van der Waals surface area contributed by atoms with Crippen LogP contribution in [0.1, 0.15) is 25.2 Å². The fourth-order valence-corrected chi connectivity index (χ4v) is 4.19. The van der Waals surface area contributed by atoms with Crippen LogP contribution in [0.3, 0.4) is 0 Å². The standard InChI is InChI=1S/C21H25N3O5S/c1-15(2)24(30(3,26)27)12-11-20-22-21(29-23-20)18-13-17(9-10-19(18)25)28-14-16-7-5-4-6-8-16/h4-10,13,15,25H,11-12,14H2,1-3H3. The molecule has 1 aromatic heterocycles. The molecule has 2 aromatic carbocycles. The van der Waals surface area contributed by atoms with Gasteiger partial charge in [-0.2, -0.15) is 9.29 Å². The molecule has 0 saturated heterocycles. The Balaban J connectivity index is 1.71. The van der Waals surface area contributed by atoms with Crippen molar-refractivity contribution in [2.75, 3.05) is 12.8 Å². The summed E-state index contributed by atoms with van der Waals surface area (Å²) in [6.07, 6.45) is 1.47. The third-order valence-corrected chi connectivity index (χ3v) is 5.93. The minimum atomic E-state index is -3.33. The predicted octanol–water partition coefficient (Wildman–Crippen LogP) is 3.23. The van der Waals surface area contributed by atoms with Crippen molar-refractivity contribution in [3.8, 4) is 23.0 Å². The summed E-state index contributed by atoms with van der Waals surface area (Å²) in [7, 11) is -3.33. The Hall–Kier alpha value is -2.91. The number of phenolic OH excluding ortho intramolecular Hbond substituents is 1. The number of rotatable bonds is 9. The zero-order valence-corrected chi connectivity index (χ0v) is 18.0. The number of sulfonamides is 1. The van der Waals surface area contributed by atoms with Crippen LogP contribution in [-0.4, -0.2) is 46.8 Å². The van der Waals surface area contributed by atoms with E-state index in [1.165, 1.54) is 16.6 Å². The number of benzene rings is 2. The van der Waals surface area contributed by atoms with Gasteiger partial charge in [-0.25, -0.2) is 8.42 Å². The lowest BCUT2D eigenvalue weighted by molar-refractivity contribution is 0.305. The second kappa shape index (κ2) is 9.27. The van der Waals surface area contributed by atoms with E-state index in [0.717, 1.165) is 5.56 Å². The molecule has 0 amide bonds. The summed E-state index contributed by atoms with van der Waals surface area (Å²) < 4.78 is 36.2. The van der Waals surface area contributed by atoms with Gasteiger partial charge in [0.05, 0.1) is 11.8 Å². The SMILES string of the molecule is CC(C)N(CCc1noc(-c2cc(OCc3ccccc3)ccc2O)n1)S(C)(=O)=O. The minimum absolute atomic E-state index is 0.0165. The predicted molar refractivity (Wildman–Crippen MR) is 113 cm³/mol. The largest absolute Gasteiger partial charge is 0.507 e. The molecule has 0 saturated carbocycles. The van der Waals surface area contributed by atoms with E-state index in [9.17, 15) is 13.5 Å². The van der Waals surface area contributed by atoms with E-state index in [0.29, 0.717) is 30.2 Å². The van der Waals surface area contributed by atoms with Crippen LogP contribution in [0, 0.1) is 0 Å². The molecule has 1 heterocycles. The molecule has 9 heteroatoms. The van der Waals surface area contributed by atoms with E-state index in [1.807, 2.05) is 44.2 Å². The van der Waals surface area contributed by atoms with Gasteiger partial charge < -0.3 is 14.4 Å². The molecule has 3 rings (SSSR count). The maximum Gasteiger partial charge on any atom is 0.261 e. The lowest BCUT2D eigenvalue weighted by atomic mass is 10.2. The lowest BCUT2D eigenvalue weighted by Crippen LogP contribution is -2.37. The Morgan fingerprint density at radius 2 is 1.90 bits per heavy atom. The summed E-state index contributed by atoms with van der Waals surface area (Å²) >= 11 is 0. The van der Waals surface area contributed by atoms with Crippen molar-refractivity contribution >= 4 is 10.0 Å². The average molecular weight is 432 g/mol. The first-order chi connectivity index (χ1) is 14.2. The summed E-state index contributed by atoms with van der Waals surface area (Å²) in [4.78, 5) is 4.30. The molecule has 0 aliphatic heterocycles. The number of nitrogens with zero attached hydrogens (tertiary/aromatic N) is 3. The van der Waals surface area contributed by atoms with Gasteiger partial charge in [0.1, 0.15) is 18.1 Å². The maximum atomic E-state index is 11.9. The van der Waals surface area contributed by atoms with Gasteiger partial charge in [-0.3, -0.25) is 0 Å². The van der Waals surface area contributed by atoms with Crippen LogP contribution in [0.15, 0.2) is 53.1 Å². The minimum Gasteiger partial charge on any atom is -0.507 e. The summed E-state index contributed by atoms with van der Waals surface area (Å²) in [6.45, 7) is 4.24. The van der Waals surface area contributed by atoms with Gasteiger partial charge in [-0.05, 0) is 37.6 Å². The smallest absolute Gasteiger partial charge is 0.261 e. The Morgan fingerprint density at radius 3 is 2.57 bits per heavy atom. The van der Waals surface area contributed by atoms with Gasteiger partial charge in [0, 0.05) is 19.0 Å². The number of hydrogen-bond acceptors (Lipinski definition) is 7. The highest BCUT2D eigenvalue weighted by Gasteiger charge is 2.21. The Morgan fingerprint density at radius 1 is 1.17 bits per heavy atom. The highest BCUT2D eigenvalue weighted by molar-refractivity contribution is 7.88. The van der Waals surface area contributed by atoms with Gasteiger partial charge in [-0.15, -0.1) is 0 Å².